The summed E-state index contributed by atoms with van der Waals surface area (Å²) in [4.78, 5) is 37.7. The Labute approximate surface area is 132 Å². The van der Waals surface area contributed by atoms with Crippen LogP contribution in [0.2, 0.25) is 0 Å². The summed E-state index contributed by atoms with van der Waals surface area (Å²) in [5, 5.41) is 2.31. The van der Waals surface area contributed by atoms with E-state index in [-0.39, 0.29) is 18.2 Å². The van der Waals surface area contributed by atoms with Gasteiger partial charge >= 0.3 is 0 Å². The van der Waals surface area contributed by atoms with E-state index < -0.39 is 11.9 Å². The van der Waals surface area contributed by atoms with Gasteiger partial charge in [-0.2, -0.15) is 0 Å². The summed E-state index contributed by atoms with van der Waals surface area (Å²) in [5.74, 6) is -0.0486. The van der Waals surface area contributed by atoms with Crippen LogP contribution < -0.4 is 15.8 Å². The van der Waals surface area contributed by atoms with E-state index in [1.807, 2.05) is 0 Å². The number of hydrogen-bond acceptors (Lipinski definition) is 5. The molecular weight excluding hydrogens is 298 g/mol. The predicted octanol–water partition coefficient (Wildman–Crippen LogP) is -0.159. The SMILES string of the molecule is NCc1cc2c(c3c1OCC3)CN(C1CCC(=O)NC1=O)C2=O. The Hall–Kier alpha value is -2.41. The van der Waals surface area contributed by atoms with Crippen LogP contribution in [0.4, 0.5) is 0 Å². The van der Waals surface area contributed by atoms with E-state index in [0.29, 0.717) is 31.7 Å². The van der Waals surface area contributed by atoms with Gasteiger partial charge in [-0.15, -0.1) is 0 Å². The molecule has 1 aromatic carbocycles. The normalized spacial score (nSPS) is 22.7. The average molecular weight is 315 g/mol. The van der Waals surface area contributed by atoms with Crippen LogP contribution in [0.5, 0.6) is 5.75 Å². The largest absolute Gasteiger partial charge is 0.493 e. The first-order valence-electron chi connectivity index (χ1n) is 7.75. The molecule has 4 rings (SSSR count). The van der Waals surface area contributed by atoms with Gasteiger partial charge in [0.25, 0.3) is 5.91 Å². The fraction of sp³-hybridized carbons (Fsp3) is 0.438. The molecular formula is C16H17N3O4. The monoisotopic (exact) mass is 315 g/mol. The molecule has 1 aromatic rings. The van der Waals surface area contributed by atoms with E-state index >= 15 is 0 Å². The van der Waals surface area contributed by atoms with Crippen LogP contribution in [0.15, 0.2) is 6.07 Å². The van der Waals surface area contributed by atoms with Gasteiger partial charge in [0.15, 0.2) is 0 Å². The predicted molar refractivity (Wildman–Crippen MR) is 79.6 cm³/mol. The Bertz CT molecular complexity index is 743. The molecule has 120 valence electrons. The van der Waals surface area contributed by atoms with Gasteiger partial charge in [-0.1, -0.05) is 0 Å². The second kappa shape index (κ2) is 5.06. The first-order valence-corrected chi connectivity index (χ1v) is 7.75. The summed E-state index contributed by atoms with van der Waals surface area (Å²) >= 11 is 0. The Morgan fingerprint density at radius 2 is 2.09 bits per heavy atom. The summed E-state index contributed by atoms with van der Waals surface area (Å²) in [6, 6.07) is 1.19. The van der Waals surface area contributed by atoms with E-state index in [2.05, 4.69) is 5.32 Å². The summed E-state index contributed by atoms with van der Waals surface area (Å²) in [7, 11) is 0. The summed E-state index contributed by atoms with van der Waals surface area (Å²) < 4.78 is 5.66. The van der Waals surface area contributed by atoms with Crippen molar-refractivity contribution in [1.29, 1.82) is 0 Å². The number of nitrogens with two attached hydrogens (primary N) is 1. The maximum absolute atomic E-state index is 12.8. The number of ether oxygens (including phenoxy) is 1. The Morgan fingerprint density at radius 1 is 1.26 bits per heavy atom. The minimum Gasteiger partial charge on any atom is -0.493 e. The average Bonchev–Trinajstić information content (AvgIpc) is 3.12. The van der Waals surface area contributed by atoms with Crippen LogP contribution in [0.25, 0.3) is 0 Å². The standard InChI is InChI=1S/C16H17N3O4/c17-6-8-5-10-11(9-3-4-23-14(8)9)7-19(16(10)22)12-1-2-13(20)18-15(12)21/h5,12H,1-4,6-7,17H2,(H,18,20,21). The third kappa shape index (κ3) is 2.03. The minimum atomic E-state index is -0.591. The number of imide groups is 1. The first-order chi connectivity index (χ1) is 11.1. The first kappa shape index (κ1) is 14.2. The summed E-state index contributed by atoms with van der Waals surface area (Å²) in [6.45, 7) is 1.28. The molecule has 7 nitrogen and oxygen atoms in total. The summed E-state index contributed by atoms with van der Waals surface area (Å²) in [5.41, 5.74) is 9.18. The van der Waals surface area contributed by atoms with Crippen molar-refractivity contribution < 1.29 is 19.1 Å². The van der Waals surface area contributed by atoms with Crippen molar-refractivity contribution in [2.24, 2.45) is 5.73 Å². The van der Waals surface area contributed by atoms with Crippen molar-refractivity contribution in [3.05, 3.63) is 28.3 Å². The van der Waals surface area contributed by atoms with Gasteiger partial charge in [-0.3, -0.25) is 19.7 Å². The molecule has 0 bridgehead atoms. The van der Waals surface area contributed by atoms with Gasteiger partial charge in [-0.05, 0) is 18.1 Å². The smallest absolute Gasteiger partial charge is 0.255 e. The highest BCUT2D eigenvalue weighted by Crippen LogP contribution is 2.39. The van der Waals surface area contributed by atoms with Crippen molar-refractivity contribution in [3.63, 3.8) is 0 Å². The van der Waals surface area contributed by atoms with E-state index in [1.165, 1.54) is 0 Å². The number of nitrogens with one attached hydrogen (secondary N) is 1. The molecule has 3 N–H and O–H groups in total. The zero-order valence-corrected chi connectivity index (χ0v) is 12.6. The van der Waals surface area contributed by atoms with Crippen molar-refractivity contribution in [2.45, 2.75) is 38.4 Å². The summed E-state index contributed by atoms with van der Waals surface area (Å²) in [6.07, 6.45) is 1.38. The van der Waals surface area contributed by atoms with Crippen LogP contribution in [0.1, 0.15) is 39.9 Å². The molecule has 0 aliphatic carbocycles. The lowest BCUT2D eigenvalue weighted by Crippen LogP contribution is -2.52. The number of nitrogens with zero attached hydrogens (tertiary/aromatic N) is 1. The molecule has 1 atom stereocenters. The fourth-order valence-corrected chi connectivity index (χ4v) is 3.67. The number of hydrogen-bond donors (Lipinski definition) is 2. The van der Waals surface area contributed by atoms with E-state index in [0.717, 1.165) is 28.9 Å². The number of carbonyl (C=O) groups excluding carboxylic acids is 3. The highest BCUT2D eigenvalue weighted by Gasteiger charge is 2.41. The zero-order chi connectivity index (χ0) is 16.1. The molecule has 3 aliphatic rings. The number of piperidine rings is 1. The molecule has 0 radical (unpaired) electrons. The molecule has 23 heavy (non-hydrogen) atoms. The number of benzene rings is 1. The molecule has 0 saturated carbocycles. The van der Waals surface area contributed by atoms with Gasteiger partial charge in [0, 0.05) is 42.6 Å². The highest BCUT2D eigenvalue weighted by atomic mass is 16.5. The number of carbonyl (C=O) groups is 3. The number of fused-ring (bicyclic) bond motifs is 3. The molecule has 3 heterocycles. The van der Waals surface area contributed by atoms with Crippen LogP contribution in [-0.2, 0) is 29.1 Å². The second-order valence-corrected chi connectivity index (χ2v) is 6.07. The fourth-order valence-electron chi connectivity index (χ4n) is 3.67. The van der Waals surface area contributed by atoms with Crippen LogP contribution in [-0.4, -0.2) is 35.3 Å². The zero-order valence-electron chi connectivity index (χ0n) is 12.6. The topological polar surface area (TPSA) is 102 Å². The third-order valence-corrected chi connectivity index (χ3v) is 4.80. The molecule has 1 saturated heterocycles. The molecule has 3 aliphatic heterocycles. The van der Waals surface area contributed by atoms with Crippen molar-refractivity contribution >= 4 is 17.7 Å². The minimum absolute atomic E-state index is 0.168. The molecule has 0 aromatic heterocycles. The maximum atomic E-state index is 12.8. The van der Waals surface area contributed by atoms with Gasteiger partial charge in [0.1, 0.15) is 11.8 Å². The lowest BCUT2D eigenvalue weighted by Gasteiger charge is -2.29. The van der Waals surface area contributed by atoms with Gasteiger partial charge in [0.05, 0.1) is 6.61 Å². The van der Waals surface area contributed by atoms with E-state index in [9.17, 15) is 14.4 Å². The Kier molecular flexibility index (Phi) is 3.12. The lowest BCUT2D eigenvalue weighted by molar-refractivity contribution is -0.136. The third-order valence-electron chi connectivity index (χ3n) is 4.80. The van der Waals surface area contributed by atoms with Crippen molar-refractivity contribution in [2.75, 3.05) is 6.61 Å². The van der Waals surface area contributed by atoms with Crippen LogP contribution in [0.3, 0.4) is 0 Å². The quantitative estimate of drug-likeness (QED) is 0.739. The van der Waals surface area contributed by atoms with Crippen LogP contribution in [0, 0.1) is 0 Å². The van der Waals surface area contributed by atoms with Gasteiger partial charge in [0.2, 0.25) is 11.8 Å². The molecule has 1 fully saturated rings. The lowest BCUT2D eigenvalue weighted by atomic mass is 9.97. The Morgan fingerprint density at radius 3 is 2.83 bits per heavy atom. The molecule has 0 spiro atoms. The van der Waals surface area contributed by atoms with Gasteiger partial charge < -0.3 is 15.4 Å². The second-order valence-electron chi connectivity index (χ2n) is 6.07. The molecule has 1 unspecified atom stereocenters. The van der Waals surface area contributed by atoms with Crippen LogP contribution >= 0.6 is 0 Å². The number of rotatable bonds is 2. The van der Waals surface area contributed by atoms with E-state index in [4.69, 9.17) is 10.5 Å². The van der Waals surface area contributed by atoms with Gasteiger partial charge in [-0.25, -0.2) is 0 Å². The molecule has 3 amide bonds. The molecule has 7 heteroatoms. The number of amides is 3. The van der Waals surface area contributed by atoms with E-state index in [1.54, 1.807) is 11.0 Å². The van der Waals surface area contributed by atoms with Crippen molar-refractivity contribution in [3.8, 4) is 5.75 Å². The maximum Gasteiger partial charge on any atom is 0.255 e. The highest BCUT2D eigenvalue weighted by molar-refractivity contribution is 6.05. The van der Waals surface area contributed by atoms with Crippen molar-refractivity contribution in [1.82, 2.24) is 10.2 Å². The Balaban J connectivity index is 1.71.